The number of carbonyl (C=O) groups excluding carboxylic acids is 1. The Bertz CT molecular complexity index is 878. The van der Waals surface area contributed by atoms with Crippen molar-refractivity contribution in [1.82, 2.24) is 20.6 Å². The van der Waals surface area contributed by atoms with E-state index in [9.17, 15) is 4.79 Å². The van der Waals surface area contributed by atoms with Crippen molar-refractivity contribution in [2.75, 3.05) is 25.4 Å². The average Bonchev–Trinajstić information content (AvgIpc) is 2.66. The van der Waals surface area contributed by atoms with Crippen molar-refractivity contribution in [2.24, 2.45) is 16.6 Å². The third-order valence-corrected chi connectivity index (χ3v) is 4.13. The Labute approximate surface area is 162 Å². The van der Waals surface area contributed by atoms with Crippen LogP contribution in [-0.2, 0) is 6.54 Å². The van der Waals surface area contributed by atoms with E-state index in [1.165, 1.54) is 24.8 Å². The predicted octanol–water partition coefficient (Wildman–Crippen LogP) is 0.458. The average molecular weight is 381 g/mol. The molecule has 6 N–H and O–H groups in total. The molecule has 3 rings (SSSR count). The molecule has 0 saturated carbocycles. The molecule has 1 aliphatic rings. The quantitative estimate of drug-likeness (QED) is 0.487. The number of amides is 1. The summed E-state index contributed by atoms with van der Waals surface area (Å²) in [5.41, 5.74) is 12.6. The molecule has 2 heterocycles. The van der Waals surface area contributed by atoms with Crippen molar-refractivity contribution in [3.8, 4) is 5.75 Å². The highest BCUT2D eigenvalue weighted by atomic mass is 16.5. The van der Waals surface area contributed by atoms with Crippen LogP contribution < -0.4 is 26.8 Å². The van der Waals surface area contributed by atoms with E-state index < -0.39 is 5.91 Å². The van der Waals surface area contributed by atoms with Gasteiger partial charge in [-0.25, -0.2) is 9.97 Å². The second-order valence-corrected chi connectivity index (χ2v) is 6.32. The number of nitrogens with zero attached hydrogens (tertiary/aromatic N) is 3. The minimum absolute atomic E-state index is 0.0294. The summed E-state index contributed by atoms with van der Waals surface area (Å²) in [5, 5.41) is 5.82. The molecule has 0 radical (unpaired) electrons. The highest BCUT2D eigenvalue weighted by Gasteiger charge is 2.17. The van der Waals surface area contributed by atoms with Gasteiger partial charge in [-0.05, 0) is 17.7 Å². The number of aromatic nitrogens is 2. The summed E-state index contributed by atoms with van der Waals surface area (Å²) in [7, 11) is 0. The molecule has 1 aliphatic heterocycles. The fraction of sp³-hybridized carbons (Fsp3) is 0.263. The molecular weight excluding hydrogens is 358 g/mol. The SMILES string of the molecule is NC=C(C=NCc1cccc(OCC2CNC2)c1)NC(=O)c1nccnc1N. The standard InChI is InChI=1S/C19H23N7O2/c20-7-15(26-19(27)17-18(21)25-5-4-24-17)11-23-8-13-2-1-3-16(6-13)28-12-14-9-22-10-14/h1-7,11,14,22H,8-10,12,20H2,(H2,21,25)(H,26,27). The topological polar surface area (TPSA) is 141 Å². The van der Waals surface area contributed by atoms with E-state index in [-0.39, 0.29) is 11.5 Å². The lowest BCUT2D eigenvalue weighted by Gasteiger charge is -2.26. The lowest BCUT2D eigenvalue weighted by Crippen LogP contribution is -2.45. The van der Waals surface area contributed by atoms with Crippen LogP contribution in [0.3, 0.4) is 0 Å². The van der Waals surface area contributed by atoms with Crippen LogP contribution >= 0.6 is 0 Å². The molecule has 0 bridgehead atoms. The van der Waals surface area contributed by atoms with Gasteiger partial charge in [-0.15, -0.1) is 0 Å². The predicted molar refractivity (Wildman–Crippen MR) is 107 cm³/mol. The molecule has 146 valence electrons. The zero-order chi connectivity index (χ0) is 19.8. The van der Waals surface area contributed by atoms with E-state index in [0.29, 0.717) is 24.8 Å². The molecule has 9 heteroatoms. The Morgan fingerprint density at radius 1 is 1.36 bits per heavy atom. The summed E-state index contributed by atoms with van der Waals surface area (Å²) in [5.74, 6) is 0.934. The van der Waals surface area contributed by atoms with Crippen molar-refractivity contribution >= 4 is 17.9 Å². The second kappa shape index (κ2) is 9.47. The number of ether oxygens (including phenoxy) is 1. The van der Waals surface area contributed by atoms with Gasteiger partial charge in [0, 0.05) is 43.8 Å². The molecule has 28 heavy (non-hydrogen) atoms. The summed E-state index contributed by atoms with van der Waals surface area (Å²) in [6, 6.07) is 7.77. The van der Waals surface area contributed by atoms with Crippen LogP contribution in [0.2, 0.25) is 0 Å². The number of nitrogen functional groups attached to an aromatic ring is 1. The number of nitrogens with one attached hydrogen (secondary N) is 2. The Morgan fingerprint density at radius 2 is 2.18 bits per heavy atom. The first-order valence-electron chi connectivity index (χ1n) is 8.87. The van der Waals surface area contributed by atoms with Crippen molar-refractivity contribution in [3.63, 3.8) is 0 Å². The number of benzene rings is 1. The summed E-state index contributed by atoms with van der Waals surface area (Å²) in [4.78, 5) is 24.3. The second-order valence-electron chi connectivity index (χ2n) is 6.32. The van der Waals surface area contributed by atoms with Gasteiger partial charge in [0.05, 0.1) is 18.8 Å². The molecule has 1 aromatic heterocycles. The largest absolute Gasteiger partial charge is 0.493 e. The van der Waals surface area contributed by atoms with Crippen LogP contribution in [0.25, 0.3) is 0 Å². The molecule has 9 nitrogen and oxygen atoms in total. The van der Waals surface area contributed by atoms with Gasteiger partial charge < -0.3 is 26.8 Å². The molecule has 2 aromatic rings. The van der Waals surface area contributed by atoms with Gasteiger partial charge in [0.25, 0.3) is 5.91 Å². The van der Waals surface area contributed by atoms with Crippen LogP contribution in [0.15, 0.2) is 53.5 Å². The zero-order valence-corrected chi connectivity index (χ0v) is 15.3. The van der Waals surface area contributed by atoms with Crippen molar-refractivity contribution in [3.05, 3.63) is 59.8 Å². The summed E-state index contributed by atoms with van der Waals surface area (Å²) >= 11 is 0. The number of hydrogen-bond acceptors (Lipinski definition) is 8. The maximum absolute atomic E-state index is 12.2. The third kappa shape index (κ3) is 5.27. The first-order valence-corrected chi connectivity index (χ1v) is 8.87. The minimum Gasteiger partial charge on any atom is -0.493 e. The zero-order valence-electron chi connectivity index (χ0n) is 15.3. The highest BCUT2D eigenvalue weighted by molar-refractivity contribution is 6.00. The fourth-order valence-corrected chi connectivity index (χ4v) is 2.49. The van der Waals surface area contributed by atoms with E-state index in [0.717, 1.165) is 24.4 Å². The molecule has 1 amide bonds. The monoisotopic (exact) mass is 381 g/mol. The lowest BCUT2D eigenvalue weighted by atomic mass is 10.1. The number of aliphatic imine (C=N–C) groups is 1. The van der Waals surface area contributed by atoms with Gasteiger partial charge in [-0.3, -0.25) is 9.79 Å². The molecule has 0 atom stereocenters. The maximum atomic E-state index is 12.2. The molecule has 0 spiro atoms. The molecule has 0 unspecified atom stereocenters. The smallest absolute Gasteiger partial charge is 0.278 e. The van der Waals surface area contributed by atoms with Gasteiger partial charge in [-0.2, -0.15) is 0 Å². The Balaban J connectivity index is 1.53. The van der Waals surface area contributed by atoms with Crippen LogP contribution in [0, 0.1) is 5.92 Å². The first kappa shape index (κ1) is 19.3. The van der Waals surface area contributed by atoms with Crippen LogP contribution in [-0.4, -0.2) is 41.8 Å². The molecule has 0 aliphatic carbocycles. The van der Waals surface area contributed by atoms with Gasteiger partial charge in [0.1, 0.15) is 5.75 Å². The summed E-state index contributed by atoms with van der Waals surface area (Å²) < 4.78 is 5.81. The van der Waals surface area contributed by atoms with E-state index in [2.05, 4.69) is 25.6 Å². The van der Waals surface area contributed by atoms with Gasteiger partial charge >= 0.3 is 0 Å². The van der Waals surface area contributed by atoms with Gasteiger partial charge in [-0.1, -0.05) is 12.1 Å². The molecule has 1 aromatic carbocycles. The number of nitrogens with two attached hydrogens (primary N) is 2. The Hall–Kier alpha value is -3.46. The number of allylic oxidation sites excluding steroid dienone is 1. The number of carbonyl (C=O) groups is 1. The van der Waals surface area contributed by atoms with E-state index in [1.54, 1.807) is 0 Å². The number of anilines is 1. The van der Waals surface area contributed by atoms with Crippen LogP contribution in [0.1, 0.15) is 16.1 Å². The number of hydrogen-bond donors (Lipinski definition) is 4. The summed E-state index contributed by atoms with van der Waals surface area (Å²) in [6.07, 6.45) is 5.54. The summed E-state index contributed by atoms with van der Waals surface area (Å²) in [6.45, 7) is 3.13. The highest BCUT2D eigenvalue weighted by Crippen LogP contribution is 2.16. The van der Waals surface area contributed by atoms with Crippen LogP contribution in [0.5, 0.6) is 5.75 Å². The molecule has 1 fully saturated rings. The van der Waals surface area contributed by atoms with Crippen molar-refractivity contribution in [1.29, 1.82) is 0 Å². The van der Waals surface area contributed by atoms with Crippen LogP contribution in [0.4, 0.5) is 5.82 Å². The van der Waals surface area contributed by atoms with Crippen molar-refractivity contribution < 1.29 is 9.53 Å². The number of rotatable bonds is 8. The van der Waals surface area contributed by atoms with E-state index in [4.69, 9.17) is 16.2 Å². The van der Waals surface area contributed by atoms with E-state index in [1.807, 2.05) is 24.3 Å². The molecule has 1 saturated heterocycles. The lowest BCUT2D eigenvalue weighted by molar-refractivity contribution is 0.0963. The molecular formula is C19H23N7O2. The fourth-order valence-electron chi connectivity index (χ4n) is 2.49. The normalized spacial score (nSPS) is 14.6. The Morgan fingerprint density at radius 3 is 2.89 bits per heavy atom. The van der Waals surface area contributed by atoms with Gasteiger partial charge in [0.15, 0.2) is 11.5 Å². The first-order chi connectivity index (χ1) is 13.7. The minimum atomic E-state index is -0.505. The van der Waals surface area contributed by atoms with E-state index >= 15 is 0 Å². The van der Waals surface area contributed by atoms with Crippen molar-refractivity contribution in [2.45, 2.75) is 6.54 Å². The Kier molecular flexibility index (Phi) is 6.53. The third-order valence-electron chi connectivity index (χ3n) is 4.13. The van der Waals surface area contributed by atoms with Gasteiger partial charge in [0.2, 0.25) is 0 Å². The maximum Gasteiger partial charge on any atom is 0.278 e.